The lowest BCUT2D eigenvalue weighted by atomic mass is 9.98. The van der Waals surface area contributed by atoms with E-state index in [0.29, 0.717) is 23.6 Å². The number of unbranched alkanes of at least 4 members (excludes halogenated alkanes) is 1. The van der Waals surface area contributed by atoms with Gasteiger partial charge < -0.3 is 9.84 Å². The molecule has 0 spiro atoms. The maximum Gasteiger partial charge on any atom is 0.417 e. The first-order valence-corrected chi connectivity index (χ1v) is 13.4. The molecule has 10 heteroatoms. The summed E-state index contributed by atoms with van der Waals surface area (Å²) in [6.45, 7) is 3.77. The Balaban J connectivity index is 1.66. The molecule has 0 saturated heterocycles. The third-order valence-corrected chi connectivity index (χ3v) is 6.91. The van der Waals surface area contributed by atoms with E-state index in [1.54, 1.807) is 37.3 Å². The predicted molar refractivity (Wildman–Crippen MR) is 151 cm³/mol. The molecule has 0 aliphatic carbocycles. The van der Waals surface area contributed by atoms with E-state index in [9.17, 15) is 22.8 Å². The van der Waals surface area contributed by atoms with Crippen LogP contribution in [0.3, 0.4) is 0 Å². The summed E-state index contributed by atoms with van der Waals surface area (Å²) in [7, 11) is 0. The molecular formula is C31H28ClF3N2O4. The summed E-state index contributed by atoms with van der Waals surface area (Å²) in [5, 5.41) is 9.33. The van der Waals surface area contributed by atoms with Crippen LogP contribution in [0.4, 0.5) is 13.2 Å². The minimum Gasteiger partial charge on any atom is -0.487 e. The molecule has 1 heterocycles. The van der Waals surface area contributed by atoms with Gasteiger partial charge in [0.25, 0.3) is 5.56 Å². The Bertz CT molecular complexity index is 1620. The number of carbonyl (C=O) groups is 1. The number of ether oxygens (including phenoxy) is 1. The summed E-state index contributed by atoms with van der Waals surface area (Å²) >= 11 is 6.48. The van der Waals surface area contributed by atoms with Crippen molar-refractivity contribution in [3.63, 3.8) is 0 Å². The normalized spacial score (nSPS) is 11.5. The van der Waals surface area contributed by atoms with E-state index >= 15 is 0 Å². The van der Waals surface area contributed by atoms with Crippen molar-refractivity contribution in [2.24, 2.45) is 0 Å². The van der Waals surface area contributed by atoms with Gasteiger partial charge in [-0.1, -0.05) is 61.3 Å². The van der Waals surface area contributed by atoms with Crippen LogP contribution in [0, 0.1) is 6.92 Å². The number of aromatic nitrogens is 2. The van der Waals surface area contributed by atoms with Gasteiger partial charge in [0.05, 0.1) is 34.0 Å². The van der Waals surface area contributed by atoms with Crippen LogP contribution in [0.1, 0.15) is 58.3 Å². The highest BCUT2D eigenvalue weighted by atomic mass is 35.5. The molecular weight excluding hydrogens is 557 g/mol. The van der Waals surface area contributed by atoms with Crippen molar-refractivity contribution in [1.82, 2.24) is 9.55 Å². The van der Waals surface area contributed by atoms with E-state index in [0.717, 1.165) is 24.5 Å². The van der Waals surface area contributed by atoms with Crippen LogP contribution in [0.15, 0.2) is 71.5 Å². The second kappa shape index (κ2) is 12.6. The maximum absolute atomic E-state index is 13.8. The fraction of sp³-hybridized carbons (Fsp3) is 0.258. The minimum atomic E-state index is -4.64. The zero-order chi connectivity index (χ0) is 29.7. The van der Waals surface area contributed by atoms with Crippen LogP contribution >= 0.6 is 11.6 Å². The molecule has 4 rings (SSSR count). The van der Waals surface area contributed by atoms with Crippen LogP contribution in [-0.4, -0.2) is 20.6 Å². The number of nitrogens with zero attached hydrogens (tertiary/aromatic N) is 2. The van der Waals surface area contributed by atoms with Crippen molar-refractivity contribution in [1.29, 1.82) is 0 Å². The van der Waals surface area contributed by atoms with E-state index in [4.69, 9.17) is 21.4 Å². The average molecular weight is 585 g/mol. The lowest BCUT2D eigenvalue weighted by Crippen LogP contribution is -2.29. The fourth-order valence-corrected chi connectivity index (χ4v) is 4.77. The van der Waals surface area contributed by atoms with Crippen LogP contribution in [0.2, 0.25) is 5.02 Å². The Labute approximate surface area is 240 Å². The van der Waals surface area contributed by atoms with E-state index in [1.807, 2.05) is 6.92 Å². The van der Waals surface area contributed by atoms with E-state index < -0.39 is 23.3 Å². The molecule has 1 N–H and O–H groups in total. The van der Waals surface area contributed by atoms with Gasteiger partial charge in [0.15, 0.2) is 0 Å². The number of rotatable bonds is 10. The lowest BCUT2D eigenvalue weighted by Gasteiger charge is -2.19. The molecule has 0 amide bonds. The molecule has 6 nitrogen and oxygen atoms in total. The van der Waals surface area contributed by atoms with Crippen molar-refractivity contribution < 1.29 is 27.8 Å². The summed E-state index contributed by atoms with van der Waals surface area (Å²) in [6, 6.07) is 16.3. The summed E-state index contributed by atoms with van der Waals surface area (Å²) in [5.41, 5.74) is 0.0709. The number of aryl methyl sites for hydroxylation is 2. The van der Waals surface area contributed by atoms with Crippen LogP contribution in [-0.2, 0) is 25.7 Å². The van der Waals surface area contributed by atoms with Crippen molar-refractivity contribution in [3.05, 3.63) is 116 Å². The standard InChI is InChI=1S/C31H28ClF3N2O4/c1-3-4-9-27-36-19(2)28(23-7-5-6-8-24(23)31(33,34)35)29(38)37(27)17-21-12-15-26(25(32)16-21)41-18-20-10-13-22(14-11-20)30(39)40/h5-8,10-16H,3-4,9,17-18H2,1-2H3,(H,39,40). The topological polar surface area (TPSA) is 81.4 Å². The second-order valence-corrected chi connectivity index (χ2v) is 9.99. The zero-order valence-electron chi connectivity index (χ0n) is 22.5. The molecule has 214 valence electrons. The highest BCUT2D eigenvalue weighted by Gasteiger charge is 2.34. The first-order chi connectivity index (χ1) is 19.5. The SMILES string of the molecule is CCCCc1nc(C)c(-c2ccccc2C(F)(F)F)c(=O)n1Cc1ccc(OCc2ccc(C(=O)O)cc2)c(Cl)c1. The van der Waals surface area contributed by atoms with Gasteiger partial charge in [-0.15, -0.1) is 0 Å². The van der Waals surface area contributed by atoms with Gasteiger partial charge in [-0.25, -0.2) is 9.78 Å². The number of hydrogen-bond acceptors (Lipinski definition) is 4. The molecule has 0 radical (unpaired) electrons. The van der Waals surface area contributed by atoms with Crippen molar-refractivity contribution in [2.45, 2.75) is 52.4 Å². The van der Waals surface area contributed by atoms with Gasteiger partial charge in [-0.2, -0.15) is 13.2 Å². The maximum atomic E-state index is 13.8. The highest BCUT2D eigenvalue weighted by molar-refractivity contribution is 6.32. The first-order valence-electron chi connectivity index (χ1n) is 13.0. The molecule has 0 fully saturated rings. The van der Waals surface area contributed by atoms with E-state index in [2.05, 4.69) is 4.98 Å². The number of benzene rings is 3. The number of alkyl halides is 3. The summed E-state index contributed by atoms with van der Waals surface area (Å²) in [6.07, 6.45) is -2.54. The molecule has 0 unspecified atom stereocenters. The van der Waals surface area contributed by atoms with Gasteiger partial charge >= 0.3 is 12.1 Å². The summed E-state index contributed by atoms with van der Waals surface area (Å²) in [5.74, 6) is -0.143. The largest absolute Gasteiger partial charge is 0.487 e. The summed E-state index contributed by atoms with van der Waals surface area (Å²) < 4.78 is 48.7. The Morgan fingerprint density at radius 3 is 2.37 bits per heavy atom. The monoisotopic (exact) mass is 584 g/mol. The molecule has 0 aliphatic rings. The van der Waals surface area contributed by atoms with Gasteiger partial charge in [-0.05, 0) is 54.8 Å². The van der Waals surface area contributed by atoms with Gasteiger partial charge in [0.1, 0.15) is 18.2 Å². The minimum absolute atomic E-state index is 0.0585. The Kier molecular flexibility index (Phi) is 9.18. The second-order valence-electron chi connectivity index (χ2n) is 9.58. The number of aromatic carboxylic acids is 1. The fourth-order valence-electron chi connectivity index (χ4n) is 4.51. The molecule has 0 bridgehead atoms. The Morgan fingerprint density at radius 2 is 1.73 bits per heavy atom. The number of carboxylic acids is 1. The van der Waals surface area contributed by atoms with Crippen LogP contribution < -0.4 is 10.3 Å². The smallest absolute Gasteiger partial charge is 0.417 e. The molecule has 3 aromatic carbocycles. The quantitative estimate of drug-likeness (QED) is 0.208. The van der Waals surface area contributed by atoms with E-state index in [1.165, 1.54) is 34.9 Å². The van der Waals surface area contributed by atoms with Crippen LogP contribution in [0.25, 0.3) is 11.1 Å². The number of halogens is 4. The molecule has 0 saturated carbocycles. The predicted octanol–water partition coefficient (Wildman–Crippen LogP) is 7.56. The molecule has 4 aromatic rings. The van der Waals surface area contributed by atoms with Gasteiger partial charge in [0.2, 0.25) is 0 Å². The molecule has 0 aliphatic heterocycles. The first kappa shape index (κ1) is 29.9. The third-order valence-electron chi connectivity index (χ3n) is 6.62. The molecule has 0 atom stereocenters. The van der Waals surface area contributed by atoms with Crippen molar-refractivity contribution in [2.75, 3.05) is 0 Å². The Morgan fingerprint density at radius 1 is 1.05 bits per heavy atom. The van der Waals surface area contributed by atoms with Crippen molar-refractivity contribution >= 4 is 17.6 Å². The average Bonchev–Trinajstić information content (AvgIpc) is 2.93. The van der Waals surface area contributed by atoms with Crippen LogP contribution in [0.5, 0.6) is 5.75 Å². The third kappa shape index (κ3) is 6.97. The number of carboxylic acid groups (broad SMARTS) is 1. The van der Waals surface area contributed by atoms with Gasteiger partial charge in [0, 0.05) is 12.0 Å². The van der Waals surface area contributed by atoms with Gasteiger partial charge in [-0.3, -0.25) is 9.36 Å². The van der Waals surface area contributed by atoms with Crippen molar-refractivity contribution in [3.8, 4) is 16.9 Å². The molecule has 41 heavy (non-hydrogen) atoms. The number of hydrogen-bond donors (Lipinski definition) is 1. The lowest BCUT2D eigenvalue weighted by molar-refractivity contribution is -0.137. The Hall–Kier alpha value is -4.11. The zero-order valence-corrected chi connectivity index (χ0v) is 23.2. The highest BCUT2D eigenvalue weighted by Crippen LogP contribution is 2.37. The van der Waals surface area contributed by atoms with E-state index in [-0.39, 0.29) is 40.6 Å². The molecule has 1 aromatic heterocycles. The summed E-state index contributed by atoms with van der Waals surface area (Å²) in [4.78, 5) is 29.4.